The molecule has 0 aliphatic heterocycles. The van der Waals surface area contributed by atoms with Gasteiger partial charge in [0.2, 0.25) is 0 Å². The number of ether oxygens (including phenoxy) is 1. The maximum Gasteiger partial charge on any atom is 0.435 e. The average molecular weight is 315 g/mol. The second-order valence-electron chi connectivity index (χ2n) is 4.84. The third-order valence-corrected chi connectivity index (χ3v) is 2.75. The van der Waals surface area contributed by atoms with Crippen molar-refractivity contribution in [3.63, 3.8) is 0 Å². The fourth-order valence-electron chi connectivity index (χ4n) is 1.49. The van der Waals surface area contributed by atoms with Crippen molar-refractivity contribution in [1.82, 2.24) is 9.78 Å². The predicted octanol–water partition coefficient (Wildman–Crippen LogP) is 3.72. The van der Waals surface area contributed by atoms with Crippen molar-refractivity contribution in [3.8, 4) is 0 Å². The minimum Gasteiger partial charge on any atom is -0.442 e. The van der Waals surface area contributed by atoms with E-state index >= 15 is 0 Å². The monoisotopic (exact) mass is 314 g/mol. The second-order valence-corrected chi connectivity index (χ2v) is 5.60. The summed E-state index contributed by atoms with van der Waals surface area (Å²) in [6, 6.07) is 4.12. The van der Waals surface area contributed by atoms with Gasteiger partial charge >= 0.3 is 6.09 Å². The first-order chi connectivity index (χ1) is 8.28. The molecule has 0 spiro atoms. The van der Waals surface area contributed by atoms with Gasteiger partial charge in [-0.25, -0.2) is 9.18 Å². The van der Waals surface area contributed by atoms with Gasteiger partial charge in [-0.1, -0.05) is 0 Å². The summed E-state index contributed by atoms with van der Waals surface area (Å²) in [6.07, 6.45) is -0.635. The molecule has 0 atom stereocenters. The van der Waals surface area contributed by atoms with Crippen LogP contribution >= 0.6 is 15.9 Å². The van der Waals surface area contributed by atoms with Gasteiger partial charge in [0, 0.05) is 11.5 Å². The van der Waals surface area contributed by atoms with Crippen molar-refractivity contribution in [1.29, 1.82) is 0 Å². The van der Waals surface area contributed by atoms with Crippen LogP contribution in [0.5, 0.6) is 0 Å². The van der Waals surface area contributed by atoms with E-state index < -0.39 is 17.5 Å². The second kappa shape index (κ2) is 4.35. The lowest BCUT2D eigenvalue weighted by atomic mass is 10.2. The Morgan fingerprint density at radius 1 is 1.44 bits per heavy atom. The van der Waals surface area contributed by atoms with Gasteiger partial charge in [-0.3, -0.25) is 0 Å². The Labute approximate surface area is 112 Å². The van der Waals surface area contributed by atoms with Crippen molar-refractivity contribution in [2.45, 2.75) is 26.4 Å². The van der Waals surface area contributed by atoms with Crippen molar-refractivity contribution in [2.24, 2.45) is 0 Å². The Morgan fingerprint density at radius 2 is 2.11 bits per heavy atom. The highest BCUT2D eigenvalue weighted by atomic mass is 79.9. The molecular weight excluding hydrogens is 303 g/mol. The topological polar surface area (TPSA) is 44.1 Å². The van der Waals surface area contributed by atoms with Gasteiger partial charge < -0.3 is 4.74 Å². The zero-order valence-electron chi connectivity index (χ0n) is 10.2. The molecule has 2 aromatic rings. The summed E-state index contributed by atoms with van der Waals surface area (Å²) in [5.41, 5.74) is -0.258. The molecule has 0 N–H and O–H groups in total. The average Bonchev–Trinajstić information content (AvgIpc) is 2.53. The molecule has 0 amide bonds. The maximum atomic E-state index is 13.2. The van der Waals surface area contributed by atoms with E-state index in [2.05, 4.69) is 21.0 Å². The highest BCUT2D eigenvalue weighted by molar-refractivity contribution is 9.10. The zero-order chi connectivity index (χ0) is 13.5. The quantitative estimate of drug-likeness (QED) is 0.744. The molecule has 18 heavy (non-hydrogen) atoms. The molecule has 0 fully saturated rings. The maximum absolute atomic E-state index is 13.2. The molecule has 0 saturated heterocycles. The first-order valence-electron chi connectivity index (χ1n) is 5.35. The van der Waals surface area contributed by atoms with Gasteiger partial charge in [-0.2, -0.15) is 9.78 Å². The van der Waals surface area contributed by atoms with E-state index in [-0.39, 0.29) is 0 Å². The van der Waals surface area contributed by atoms with E-state index in [0.717, 1.165) is 4.68 Å². The van der Waals surface area contributed by atoms with E-state index in [4.69, 9.17) is 4.74 Å². The highest BCUT2D eigenvalue weighted by Gasteiger charge is 2.21. The first-order valence-corrected chi connectivity index (χ1v) is 6.14. The van der Waals surface area contributed by atoms with Crippen LogP contribution in [0.1, 0.15) is 20.8 Å². The number of hydrogen-bond donors (Lipinski definition) is 0. The van der Waals surface area contributed by atoms with E-state index in [1.165, 1.54) is 12.1 Å². The van der Waals surface area contributed by atoms with Crippen LogP contribution < -0.4 is 0 Å². The van der Waals surface area contributed by atoms with Crippen molar-refractivity contribution >= 4 is 32.9 Å². The van der Waals surface area contributed by atoms with Gasteiger partial charge in [0.05, 0.1) is 5.52 Å². The van der Waals surface area contributed by atoms with Crippen molar-refractivity contribution in [3.05, 3.63) is 28.6 Å². The van der Waals surface area contributed by atoms with Crippen LogP contribution in [0.4, 0.5) is 9.18 Å². The summed E-state index contributed by atoms with van der Waals surface area (Å²) in [4.78, 5) is 11.9. The lowest BCUT2D eigenvalue weighted by Gasteiger charge is -2.19. The number of carbonyl (C=O) groups excluding carboxylic acids is 1. The highest BCUT2D eigenvalue weighted by Crippen LogP contribution is 2.24. The molecule has 0 aliphatic rings. The van der Waals surface area contributed by atoms with Gasteiger partial charge in [0.1, 0.15) is 16.0 Å². The fourth-order valence-corrected chi connectivity index (χ4v) is 1.99. The summed E-state index contributed by atoms with van der Waals surface area (Å²) in [5.74, 6) is -0.431. The zero-order valence-corrected chi connectivity index (χ0v) is 11.8. The molecular formula is C12H12BrFN2O2. The van der Waals surface area contributed by atoms with Crippen LogP contribution in [0, 0.1) is 5.82 Å². The minimum atomic E-state index is -0.635. The molecule has 0 aliphatic carbocycles. The number of benzene rings is 1. The molecule has 2 rings (SSSR count). The number of halogens is 2. The lowest BCUT2D eigenvalue weighted by molar-refractivity contribution is 0.0522. The fraction of sp³-hybridized carbons (Fsp3) is 0.333. The Hall–Kier alpha value is -1.43. The third kappa shape index (κ3) is 2.53. The Morgan fingerprint density at radius 3 is 2.72 bits per heavy atom. The summed E-state index contributed by atoms with van der Waals surface area (Å²) >= 11 is 3.23. The summed E-state index contributed by atoms with van der Waals surface area (Å²) in [5, 5.41) is 4.66. The normalized spacial score (nSPS) is 11.8. The smallest absolute Gasteiger partial charge is 0.435 e. The molecule has 0 bridgehead atoms. The minimum absolute atomic E-state index is 0.371. The van der Waals surface area contributed by atoms with Gasteiger partial charge in [0.25, 0.3) is 0 Å². The summed E-state index contributed by atoms with van der Waals surface area (Å²) in [6.45, 7) is 5.27. The van der Waals surface area contributed by atoms with Crippen LogP contribution in [-0.4, -0.2) is 21.5 Å². The van der Waals surface area contributed by atoms with E-state index in [1.54, 1.807) is 26.8 Å². The van der Waals surface area contributed by atoms with Crippen LogP contribution in [0.2, 0.25) is 0 Å². The summed E-state index contributed by atoms with van der Waals surface area (Å²) < 4.78 is 19.9. The molecule has 1 aromatic heterocycles. The van der Waals surface area contributed by atoms with Crippen LogP contribution in [0.25, 0.3) is 10.9 Å². The number of fused-ring (bicyclic) bond motifs is 1. The van der Waals surface area contributed by atoms with E-state index in [0.29, 0.717) is 15.5 Å². The Bertz CT molecular complexity index is 616. The molecule has 1 aromatic carbocycles. The molecule has 4 nitrogen and oxygen atoms in total. The summed E-state index contributed by atoms with van der Waals surface area (Å²) in [7, 11) is 0. The van der Waals surface area contributed by atoms with Gasteiger partial charge in [-0.05, 0) is 48.8 Å². The van der Waals surface area contributed by atoms with Crippen molar-refractivity contribution in [2.75, 3.05) is 0 Å². The third-order valence-electron chi connectivity index (χ3n) is 2.16. The number of rotatable bonds is 0. The van der Waals surface area contributed by atoms with Gasteiger partial charge in [-0.15, -0.1) is 0 Å². The van der Waals surface area contributed by atoms with Crippen LogP contribution in [-0.2, 0) is 4.74 Å². The Kier molecular flexibility index (Phi) is 3.14. The van der Waals surface area contributed by atoms with E-state index in [9.17, 15) is 9.18 Å². The Balaban J connectivity index is 2.51. The molecule has 0 radical (unpaired) electrons. The van der Waals surface area contributed by atoms with E-state index in [1.807, 2.05) is 0 Å². The van der Waals surface area contributed by atoms with Crippen LogP contribution in [0.3, 0.4) is 0 Å². The van der Waals surface area contributed by atoms with Crippen LogP contribution in [0.15, 0.2) is 22.8 Å². The predicted molar refractivity (Wildman–Crippen MR) is 69.0 cm³/mol. The largest absolute Gasteiger partial charge is 0.442 e. The number of carbonyl (C=O) groups is 1. The molecule has 0 unspecified atom stereocenters. The molecule has 96 valence electrons. The SMILES string of the molecule is CC(C)(C)OC(=O)n1nc(Br)c2ccc(F)cc21. The number of aromatic nitrogens is 2. The molecule has 0 saturated carbocycles. The molecule has 1 heterocycles. The standard InChI is InChI=1S/C12H12BrFN2O2/c1-12(2,3)18-11(17)16-9-6-7(14)4-5-8(9)10(13)15-16/h4-6H,1-3H3. The molecule has 6 heteroatoms. The first kappa shape index (κ1) is 13.0. The lowest BCUT2D eigenvalue weighted by Crippen LogP contribution is -2.27. The van der Waals surface area contributed by atoms with Gasteiger partial charge in [0.15, 0.2) is 0 Å². The van der Waals surface area contributed by atoms with Crippen molar-refractivity contribution < 1.29 is 13.9 Å². The number of nitrogens with zero attached hydrogens (tertiary/aromatic N) is 2. The number of hydrogen-bond acceptors (Lipinski definition) is 3.